The Labute approximate surface area is 120 Å². The zero-order valence-electron chi connectivity index (χ0n) is 12.2. The highest BCUT2D eigenvalue weighted by atomic mass is 16.5. The van der Waals surface area contributed by atoms with E-state index < -0.39 is 0 Å². The van der Waals surface area contributed by atoms with E-state index in [1.54, 1.807) is 7.11 Å². The Hall–Kier alpha value is -1.50. The van der Waals surface area contributed by atoms with Gasteiger partial charge in [0.2, 0.25) is 0 Å². The summed E-state index contributed by atoms with van der Waals surface area (Å²) in [7, 11) is 1.77. The molecule has 1 N–H and O–H groups in total. The second-order valence-corrected chi connectivity index (χ2v) is 5.20. The fourth-order valence-electron chi connectivity index (χ4n) is 2.60. The van der Waals surface area contributed by atoms with E-state index >= 15 is 0 Å². The summed E-state index contributed by atoms with van der Waals surface area (Å²) < 4.78 is 11.5. The minimum Gasteiger partial charge on any atom is -0.490 e. The van der Waals surface area contributed by atoms with E-state index in [0.29, 0.717) is 6.10 Å². The molecule has 3 nitrogen and oxygen atoms in total. The van der Waals surface area contributed by atoms with Gasteiger partial charge in [-0.2, -0.15) is 0 Å². The molecule has 0 amide bonds. The molecule has 20 heavy (non-hydrogen) atoms. The summed E-state index contributed by atoms with van der Waals surface area (Å²) in [5.41, 5.74) is 2.01. The molecule has 2 rings (SSSR count). The first-order valence-electron chi connectivity index (χ1n) is 7.12. The topological polar surface area (TPSA) is 38.7 Å². The molecule has 0 bridgehead atoms. The van der Waals surface area contributed by atoms with E-state index in [1.807, 2.05) is 25.1 Å². The number of methoxy groups -OCH3 is 1. The Morgan fingerprint density at radius 2 is 2.10 bits per heavy atom. The van der Waals surface area contributed by atoms with E-state index in [1.165, 1.54) is 0 Å². The lowest BCUT2D eigenvalue weighted by Crippen LogP contribution is -2.29. The quantitative estimate of drug-likeness (QED) is 0.861. The zero-order valence-corrected chi connectivity index (χ0v) is 12.2. The first-order valence-corrected chi connectivity index (χ1v) is 7.12. The van der Waals surface area contributed by atoms with Crippen LogP contribution in [-0.2, 0) is 4.74 Å². The van der Waals surface area contributed by atoms with Crippen molar-refractivity contribution in [2.24, 2.45) is 0 Å². The van der Waals surface area contributed by atoms with Crippen molar-refractivity contribution in [3.63, 3.8) is 0 Å². The first-order chi connectivity index (χ1) is 9.72. The van der Waals surface area contributed by atoms with Gasteiger partial charge in [0.25, 0.3) is 0 Å². The molecule has 1 saturated carbocycles. The fourth-order valence-corrected chi connectivity index (χ4v) is 2.60. The first kappa shape index (κ1) is 14.9. The molecule has 3 heteroatoms. The summed E-state index contributed by atoms with van der Waals surface area (Å²) in [6.07, 6.45) is 4.90. The van der Waals surface area contributed by atoms with Crippen LogP contribution in [0.3, 0.4) is 0 Å². The normalized spacial score (nSPS) is 21.9. The predicted molar refractivity (Wildman–Crippen MR) is 78.8 cm³/mol. The van der Waals surface area contributed by atoms with E-state index in [4.69, 9.17) is 14.6 Å². The van der Waals surface area contributed by atoms with E-state index in [-0.39, 0.29) is 12.7 Å². The number of rotatable bonds is 3. The predicted octanol–water partition coefficient (Wildman–Crippen LogP) is 2.68. The van der Waals surface area contributed by atoms with Gasteiger partial charge >= 0.3 is 0 Å². The standard InChI is InChI=1S/C17H22O3/c1-13-11-17(9-8-14(13)5-4-10-18)20-16-7-3-6-15(12-16)19-2/h8-9,11,15-16,18H,3,6-7,10,12H2,1-2H3. The molecule has 108 valence electrons. The summed E-state index contributed by atoms with van der Waals surface area (Å²) in [5.74, 6) is 6.49. The molecule has 0 aromatic heterocycles. The van der Waals surface area contributed by atoms with Crippen molar-refractivity contribution in [1.82, 2.24) is 0 Å². The van der Waals surface area contributed by atoms with Crippen molar-refractivity contribution >= 4 is 0 Å². The Morgan fingerprint density at radius 3 is 2.80 bits per heavy atom. The number of aliphatic hydroxyl groups excluding tert-OH is 1. The highest BCUT2D eigenvalue weighted by Crippen LogP contribution is 2.26. The molecule has 1 aliphatic carbocycles. The monoisotopic (exact) mass is 274 g/mol. The zero-order chi connectivity index (χ0) is 14.4. The highest BCUT2D eigenvalue weighted by Gasteiger charge is 2.23. The maximum Gasteiger partial charge on any atom is 0.120 e. The lowest BCUT2D eigenvalue weighted by atomic mass is 9.95. The molecule has 0 radical (unpaired) electrons. The van der Waals surface area contributed by atoms with Gasteiger partial charge in [0.1, 0.15) is 18.5 Å². The number of ether oxygens (including phenoxy) is 2. The summed E-state index contributed by atoms with van der Waals surface area (Å²) in [6, 6.07) is 5.91. The number of aliphatic hydroxyl groups is 1. The number of benzene rings is 1. The van der Waals surface area contributed by atoms with Crippen LogP contribution in [-0.4, -0.2) is 31.0 Å². The Balaban J connectivity index is 2.01. The molecule has 2 atom stereocenters. The molecule has 2 unspecified atom stereocenters. The highest BCUT2D eigenvalue weighted by molar-refractivity contribution is 5.44. The third kappa shape index (κ3) is 4.00. The van der Waals surface area contributed by atoms with Crippen LogP contribution in [0.5, 0.6) is 5.75 Å². The number of hydrogen-bond acceptors (Lipinski definition) is 3. The average molecular weight is 274 g/mol. The van der Waals surface area contributed by atoms with E-state index in [9.17, 15) is 0 Å². The number of aryl methyl sites for hydroxylation is 1. The molecule has 0 heterocycles. The van der Waals surface area contributed by atoms with Gasteiger partial charge in [-0.1, -0.05) is 11.8 Å². The minimum atomic E-state index is -0.113. The molecule has 0 aliphatic heterocycles. The molecule has 1 aromatic rings. The molecular formula is C17H22O3. The summed E-state index contributed by atoms with van der Waals surface area (Å²) >= 11 is 0. The van der Waals surface area contributed by atoms with Gasteiger partial charge in [-0.25, -0.2) is 0 Å². The van der Waals surface area contributed by atoms with Crippen molar-refractivity contribution in [3.05, 3.63) is 29.3 Å². The van der Waals surface area contributed by atoms with Crippen LogP contribution in [0, 0.1) is 18.8 Å². The van der Waals surface area contributed by atoms with E-state index in [0.717, 1.165) is 42.6 Å². The fraction of sp³-hybridized carbons (Fsp3) is 0.529. The molecule has 1 aliphatic rings. The van der Waals surface area contributed by atoms with Crippen LogP contribution in [0.15, 0.2) is 18.2 Å². The van der Waals surface area contributed by atoms with Crippen LogP contribution < -0.4 is 4.74 Å². The van der Waals surface area contributed by atoms with Crippen LogP contribution in [0.4, 0.5) is 0 Å². The Kier molecular flexibility index (Phi) is 5.46. The van der Waals surface area contributed by atoms with Crippen molar-refractivity contribution in [1.29, 1.82) is 0 Å². The molecular weight excluding hydrogens is 252 g/mol. The maximum absolute atomic E-state index is 8.73. The van der Waals surface area contributed by atoms with Gasteiger partial charge in [0, 0.05) is 19.1 Å². The van der Waals surface area contributed by atoms with Crippen molar-refractivity contribution in [3.8, 4) is 17.6 Å². The second kappa shape index (κ2) is 7.33. The van der Waals surface area contributed by atoms with Crippen molar-refractivity contribution < 1.29 is 14.6 Å². The van der Waals surface area contributed by atoms with Crippen molar-refractivity contribution in [2.75, 3.05) is 13.7 Å². The van der Waals surface area contributed by atoms with Crippen LogP contribution in [0.25, 0.3) is 0 Å². The SMILES string of the molecule is COC1CCCC(Oc2ccc(C#CCO)c(C)c2)C1. The third-order valence-electron chi connectivity index (χ3n) is 3.71. The van der Waals surface area contributed by atoms with Gasteiger partial charge in [0.05, 0.1) is 6.10 Å². The maximum atomic E-state index is 8.73. The Bertz CT molecular complexity index is 499. The average Bonchev–Trinajstić information content (AvgIpc) is 2.47. The number of hydrogen-bond donors (Lipinski definition) is 1. The van der Waals surface area contributed by atoms with Crippen molar-refractivity contribution in [2.45, 2.75) is 44.8 Å². The van der Waals surface area contributed by atoms with Crippen LogP contribution >= 0.6 is 0 Å². The lowest BCUT2D eigenvalue weighted by Gasteiger charge is -2.28. The van der Waals surface area contributed by atoms with Gasteiger partial charge in [-0.05, 0) is 49.9 Å². The summed E-state index contributed by atoms with van der Waals surface area (Å²) in [5, 5.41) is 8.73. The summed E-state index contributed by atoms with van der Waals surface area (Å²) in [6.45, 7) is 1.89. The molecule has 1 aromatic carbocycles. The molecule has 1 fully saturated rings. The van der Waals surface area contributed by atoms with E-state index in [2.05, 4.69) is 11.8 Å². The van der Waals surface area contributed by atoms with Gasteiger partial charge in [-0.15, -0.1) is 0 Å². The third-order valence-corrected chi connectivity index (χ3v) is 3.71. The molecule has 0 saturated heterocycles. The largest absolute Gasteiger partial charge is 0.490 e. The minimum absolute atomic E-state index is 0.113. The van der Waals surface area contributed by atoms with Gasteiger partial charge < -0.3 is 14.6 Å². The lowest BCUT2D eigenvalue weighted by molar-refractivity contribution is 0.0209. The second-order valence-electron chi connectivity index (χ2n) is 5.20. The van der Waals surface area contributed by atoms with Crippen LogP contribution in [0.2, 0.25) is 0 Å². The summed E-state index contributed by atoms with van der Waals surface area (Å²) in [4.78, 5) is 0. The van der Waals surface area contributed by atoms with Crippen LogP contribution in [0.1, 0.15) is 36.8 Å². The molecule has 0 spiro atoms. The smallest absolute Gasteiger partial charge is 0.120 e. The van der Waals surface area contributed by atoms with Gasteiger partial charge in [0.15, 0.2) is 0 Å². The Morgan fingerprint density at radius 1 is 1.30 bits per heavy atom. The van der Waals surface area contributed by atoms with Gasteiger partial charge in [-0.3, -0.25) is 0 Å².